The molecule has 3 heterocycles. The van der Waals surface area contributed by atoms with Crippen molar-refractivity contribution in [2.45, 2.75) is 74.6 Å². The number of rotatable bonds is 13. The van der Waals surface area contributed by atoms with Crippen LogP contribution >= 0.6 is 15.9 Å². The molecule has 7 atom stereocenters. The Morgan fingerprint density at radius 1 is 1.26 bits per heavy atom. The zero-order valence-electron chi connectivity index (χ0n) is 21.2. The summed E-state index contributed by atoms with van der Waals surface area (Å²) in [6, 6.07) is -1.43. The molecule has 3 aliphatic rings. The molecule has 0 saturated carbocycles. The number of aliphatic hydroxyl groups excluding tert-OH is 1. The molecule has 1 N–H and O–H groups in total. The van der Waals surface area contributed by atoms with Crippen LogP contribution in [-0.4, -0.2) is 99.4 Å². The Hall–Kier alpha value is -1.71. The molecule has 0 aromatic heterocycles. The Morgan fingerprint density at radius 2 is 1.94 bits per heavy atom. The number of fused-ring (bicyclic) bond motifs is 1. The van der Waals surface area contributed by atoms with E-state index in [1.165, 1.54) is 4.90 Å². The van der Waals surface area contributed by atoms with Gasteiger partial charge in [-0.2, -0.15) is 0 Å². The second-order valence-corrected chi connectivity index (χ2v) is 11.1. The Morgan fingerprint density at radius 3 is 2.51 bits per heavy atom. The lowest BCUT2D eigenvalue weighted by molar-refractivity contribution is -0.151. The second-order valence-electron chi connectivity index (χ2n) is 9.94. The summed E-state index contributed by atoms with van der Waals surface area (Å²) in [6.07, 6.45) is 6.65. The Labute approximate surface area is 217 Å². The lowest BCUT2D eigenvalue weighted by atomic mass is 9.70. The molecule has 9 heteroatoms. The second kappa shape index (κ2) is 11.6. The summed E-state index contributed by atoms with van der Waals surface area (Å²) in [7, 11) is 1.69. The largest absolute Gasteiger partial charge is 0.394 e. The predicted octanol–water partition coefficient (Wildman–Crippen LogP) is 2.35. The minimum Gasteiger partial charge on any atom is -0.394 e. The van der Waals surface area contributed by atoms with Crippen LogP contribution in [0.4, 0.5) is 0 Å². The topological polar surface area (TPSA) is 90.4 Å². The van der Waals surface area contributed by atoms with E-state index in [2.05, 4.69) is 36.0 Å². The quantitative estimate of drug-likeness (QED) is 0.215. The van der Waals surface area contributed by atoms with Gasteiger partial charge in [0.1, 0.15) is 11.6 Å². The molecule has 3 saturated heterocycles. The number of unbranched alkanes of at least 4 members (excludes halogenated alkanes) is 2. The van der Waals surface area contributed by atoms with Gasteiger partial charge in [-0.1, -0.05) is 54.8 Å². The van der Waals surface area contributed by atoms with Gasteiger partial charge in [-0.25, -0.2) is 0 Å². The molecule has 35 heavy (non-hydrogen) atoms. The third-order valence-corrected chi connectivity index (χ3v) is 8.64. The molecule has 1 spiro atoms. The number of aliphatic hydroxyl groups is 1. The number of hydrogen-bond acceptors (Lipinski definition) is 5. The van der Waals surface area contributed by atoms with E-state index in [0.717, 1.165) is 19.3 Å². The first kappa shape index (κ1) is 27.9. The van der Waals surface area contributed by atoms with E-state index < -0.39 is 35.6 Å². The van der Waals surface area contributed by atoms with E-state index in [1.807, 2.05) is 6.92 Å². The summed E-state index contributed by atoms with van der Waals surface area (Å²) in [5.74, 6) is -2.12. The molecule has 3 amide bonds. The Bertz CT molecular complexity index is 834. The molecule has 0 aliphatic carbocycles. The average molecular weight is 555 g/mol. The highest BCUT2D eigenvalue weighted by Crippen LogP contribution is 2.60. The average Bonchev–Trinajstić information content (AvgIpc) is 3.42. The first-order valence-electron chi connectivity index (χ1n) is 12.7. The van der Waals surface area contributed by atoms with Gasteiger partial charge in [0.2, 0.25) is 17.7 Å². The molecule has 3 unspecified atom stereocenters. The van der Waals surface area contributed by atoms with E-state index in [9.17, 15) is 19.5 Å². The molecule has 8 nitrogen and oxygen atoms in total. The van der Waals surface area contributed by atoms with Crippen molar-refractivity contribution in [2.75, 3.05) is 33.3 Å². The molecule has 3 rings (SSSR count). The number of likely N-dealkylation sites (tertiary alicyclic amines) is 1. The number of amides is 3. The van der Waals surface area contributed by atoms with Crippen molar-refractivity contribution in [3.8, 4) is 0 Å². The van der Waals surface area contributed by atoms with Crippen molar-refractivity contribution in [1.82, 2.24) is 14.7 Å². The van der Waals surface area contributed by atoms with Crippen molar-refractivity contribution < 1.29 is 24.2 Å². The molecule has 2 bridgehead atoms. The van der Waals surface area contributed by atoms with Gasteiger partial charge in [0, 0.05) is 31.5 Å². The number of alkyl halides is 1. The number of nitrogens with zero attached hydrogens (tertiary/aromatic N) is 3. The van der Waals surface area contributed by atoms with Gasteiger partial charge in [0.15, 0.2) is 0 Å². The van der Waals surface area contributed by atoms with Gasteiger partial charge < -0.3 is 24.5 Å². The molecule has 0 aromatic carbocycles. The van der Waals surface area contributed by atoms with E-state index >= 15 is 0 Å². The zero-order valence-corrected chi connectivity index (χ0v) is 22.8. The summed E-state index contributed by atoms with van der Waals surface area (Å²) >= 11 is 3.69. The molecule has 196 valence electrons. The zero-order chi connectivity index (χ0) is 25.9. The van der Waals surface area contributed by atoms with E-state index in [4.69, 9.17) is 4.74 Å². The van der Waals surface area contributed by atoms with Crippen LogP contribution in [0.1, 0.15) is 46.0 Å². The van der Waals surface area contributed by atoms with Gasteiger partial charge >= 0.3 is 0 Å². The minimum atomic E-state index is -1.12. The fraction of sp³-hybridized carbons (Fsp3) is 0.731. The van der Waals surface area contributed by atoms with E-state index in [1.54, 1.807) is 29.0 Å². The number of carbonyl (C=O) groups excluding carboxylic acids is 3. The molecular formula is C26H40BrN3O5. The van der Waals surface area contributed by atoms with Crippen molar-refractivity contribution >= 4 is 33.7 Å². The van der Waals surface area contributed by atoms with Crippen LogP contribution in [0.15, 0.2) is 25.3 Å². The summed E-state index contributed by atoms with van der Waals surface area (Å²) < 4.78 is 6.55. The maximum absolute atomic E-state index is 14.2. The number of hydrogen-bond donors (Lipinski definition) is 1. The number of likely N-dealkylation sites (N-methyl/N-ethyl adjacent to an activating group) is 1. The fourth-order valence-corrected chi connectivity index (χ4v) is 7.09. The van der Waals surface area contributed by atoms with Gasteiger partial charge in [-0.3, -0.25) is 14.4 Å². The normalized spacial score (nSPS) is 31.9. The highest BCUT2D eigenvalue weighted by molar-refractivity contribution is 9.09. The SMILES string of the molecule is C=CCN(C)C(=O)[C@H]1[C@H]2C(=O)N([C@@H](CC)CO)C(C(=O)N(CC=C)CCCCC)C23CC(Br)[C@@H]1O3. The van der Waals surface area contributed by atoms with Crippen molar-refractivity contribution in [3.05, 3.63) is 25.3 Å². The fourth-order valence-electron chi connectivity index (χ4n) is 6.15. The van der Waals surface area contributed by atoms with Crippen LogP contribution in [0.2, 0.25) is 0 Å². The third kappa shape index (κ3) is 4.71. The van der Waals surface area contributed by atoms with Gasteiger partial charge in [-0.05, 0) is 19.3 Å². The van der Waals surface area contributed by atoms with Gasteiger partial charge in [-0.15, -0.1) is 13.2 Å². The van der Waals surface area contributed by atoms with Crippen molar-refractivity contribution in [3.63, 3.8) is 0 Å². The van der Waals surface area contributed by atoms with Crippen molar-refractivity contribution in [2.24, 2.45) is 11.8 Å². The Kier molecular flexibility index (Phi) is 9.21. The third-order valence-electron chi connectivity index (χ3n) is 7.79. The standard InChI is InChI=1S/C26H40BrN3O5/c1-6-10-11-14-29(13-8-3)25(34)22-26-15-18(27)21(35-26)19(23(32)28(5)12-7-2)20(26)24(33)30(22)17(9-4)16-31/h7-8,17-22,31H,2-3,6,9-16H2,1,4-5H3/t17-,18?,19-,20-,21-,22?,26?/m0/s1. The van der Waals surface area contributed by atoms with Crippen LogP contribution in [0, 0.1) is 11.8 Å². The Balaban J connectivity index is 2.07. The van der Waals surface area contributed by atoms with Crippen molar-refractivity contribution in [1.29, 1.82) is 0 Å². The smallest absolute Gasteiger partial charge is 0.248 e. The summed E-state index contributed by atoms with van der Waals surface area (Å²) in [5, 5.41) is 10.2. The molecule has 3 fully saturated rings. The van der Waals surface area contributed by atoms with Gasteiger partial charge in [0.05, 0.1) is 30.6 Å². The molecule has 0 aromatic rings. The monoisotopic (exact) mass is 553 g/mol. The first-order chi connectivity index (χ1) is 16.7. The van der Waals surface area contributed by atoms with Crippen LogP contribution in [0.25, 0.3) is 0 Å². The van der Waals surface area contributed by atoms with E-state index in [0.29, 0.717) is 32.5 Å². The summed E-state index contributed by atoms with van der Waals surface area (Å²) in [5.41, 5.74) is -1.12. The first-order valence-corrected chi connectivity index (χ1v) is 13.7. The number of halogens is 1. The summed E-state index contributed by atoms with van der Waals surface area (Å²) in [4.78, 5) is 46.4. The van der Waals surface area contributed by atoms with Crippen LogP contribution in [-0.2, 0) is 19.1 Å². The minimum absolute atomic E-state index is 0.157. The van der Waals surface area contributed by atoms with Gasteiger partial charge in [0.25, 0.3) is 0 Å². The number of carbonyl (C=O) groups is 3. The highest BCUT2D eigenvalue weighted by Gasteiger charge is 2.77. The van der Waals surface area contributed by atoms with E-state index in [-0.39, 0.29) is 29.2 Å². The number of ether oxygens (including phenoxy) is 1. The van der Waals surface area contributed by atoms with Crippen LogP contribution in [0.5, 0.6) is 0 Å². The molecular weight excluding hydrogens is 514 g/mol. The molecule has 0 radical (unpaired) electrons. The molecule has 3 aliphatic heterocycles. The maximum Gasteiger partial charge on any atom is 0.248 e. The maximum atomic E-state index is 14.2. The van der Waals surface area contributed by atoms with Crippen LogP contribution < -0.4 is 0 Å². The lowest BCUT2D eigenvalue weighted by Gasteiger charge is -2.39. The van der Waals surface area contributed by atoms with Crippen LogP contribution in [0.3, 0.4) is 0 Å². The highest BCUT2D eigenvalue weighted by atomic mass is 79.9. The lowest BCUT2D eigenvalue weighted by Crippen LogP contribution is -2.59. The predicted molar refractivity (Wildman–Crippen MR) is 138 cm³/mol. The summed E-state index contributed by atoms with van der Waals surface area (Å²) in [6.45, 7) is 12.5.